The molecule has 0 heterocycles. The van der Waals surface area contributed by atoms with Crippen molar-refractivity contribution < 1.29 is 19.8 Å². The summed E-state index contributed by atoms with van der Waals surface area (Å²) in [5.41, 5.74) is 0. The molecule has 0 aromatic carbocycles. The molecule has 0 aromatic heterocycles. The van der Waals surface area contributed by atoms with Crippen molar-refractivity contribution in [1.82, 2.24) is 0 Å². The van der Waals surface area contributed by atoms with Gasteiger partial charge in [0.2, 0.25) is 0 Å². The number of carbonyl (C=O) groups is 2. The van der Waals surface area contributed by atoms with Gasteiger partial charge in [-0.05, 0) is 37.5 Å². The topological polar surface area (TPSA) is 74.6 Å². The molecule has 0 saturated heterocycles. The molecule has 0 spiro atoms. The lowest BCUT2D eigenvalue weighted by atomic mass is 9.80. The molecule has 2 aliphatic carbocycles. The molecule has 24 heavy (non-hydrogen) atoms. The third kappa shape index (κ3) is 6.23. The van der Waals surface area contributed by atoms with Gasteiger partial charge in [-0.3, -0.25) is 9.59 Å². The molecule has 8 atom stereocenters. The molecule has 0 aliphatic heterocycles. The Morgan fingerprint density at radius 2 is 1.33 bits per heavy atom. The van der Waals surface area contributed by atoms with Crippen LogP contribution in [0.25, 0.3) is 0 Å². The summed E-state index contributed by atoms with van der Waals surface area (Å²) in [6.07, 6.45) is 3.72. The second-order valence-electron chi connectivity index (χ2n) is 6.80. The lowest BCUT2D eigenvalue weighted by Gasteiger charge is -2.33. The van der Waals surface area contributed by atoms with Crippen molar-refractivity contribution in [1.29, 1.82) is 0 Å². The van der Waals surface area contributed by atoms with E-state index in [1.807, 2.05) is 13.8 Å². The lowest BCUT2D eigenvalue weighted by molar-refractivity contribution is -0.145. The zero-order chi connectivity index (χ0) is 18.6. The van der Waals surface area contributed by atoms with E-state index in [1.54, 1.807) is 0 Å². The molecular weight excluding hydrogens is 576 g/mol. The van der Waals surface area contributed by atoms with Crippen LogP contribution in [0.2, 0.25) is 0 Å². The number of halogens is 4. The maximum Gasteiger partial charge on any atom is 0.307 e. The number of alkyl halides is 4. The Kier molecular flexibility index (Phi) is 9.79. The number of hydrogen-bond acceptors (Lipinski definition) is 2. The quantitative estimate of drug-likeness (QED) is 0.423. The van der Waals surface area contributed by atoms with Crippen LogP contribution in [0, 0.1) is 23.7 Å². The van der Waals surface area contributed by atoms with Crippen molar-refractivity contribution in [2.45, 2.75) is 58.8 Å². The first-order valence-corrected chi connectivity index (χ1v) is 11.7. The largest absolute Gasteiger partial charge is 0.481 e. The van der Waals surface area contributed by atoms with Crippen LogP contribution in [0.4, 0.5) is 0 Å². The van der Waals surface area contributed by atoms with Gasteiger partial charge in [0, 0.05) is 19.3 Å². The minimum Gasteiger partial charge on any atom is -0.481 e. The van der Waals surface area contributed by atoms with Gasteiger partial charge in [0.1, 0.15) is 0 Å². The predicted molar refractivity (Wildman–Crippen MR) is 110 cm³/mol. The molecule has 8 unspecified atom stereocenters. The van der Waals surface area contributed by atoms with Crippen molar-refractivity contribution in [2.24, 2.45) is 23.7 Å². The lowest BCUT2D eigenvalue weighted by Crippen LogP contribution is -2.39. The summed E-state index contributed by atoms with van der Waals surface area (Å²) in [4.78, 5) is 22.7. The summed E-state index contributed by atoms with van der Waals surface area (Å²) < 4.78 is 0. The maximum absolute atomic E-state index is 10.9. The van der Waals surface area contributed by atoms with Crippen LogP contribution < -0.4 is 0 Å². The fourth-order valence-electron chi connectivity index (χ4n) is 3.31. The van der Waals surface area contributed by atoms with E-state index in [9.17, 15) is 9.59 Å². The molecular formula is C16H24Br4O4. The molecule has 0 radical (unpaired) electrons. The standard InChI is InChI=1S/2C8H12Br2O2/c1-4-2-6(9)7(10)3-5(4)8(11)12;1-4-2-3-5(9)7(10)6(4)8(11)12/h2*4-7H,2-3H2,1H3,(H,11,12). The Morgan fingerprint density at radius 1 is 0.792 bits per heavy atom. The zero-order valence-corrected chi connectivity index (χ0v) is 20.0. The fourth-order valence-corrected chi connectivity index (χ4v) is 6.34. The van der Waals surface area contributed by atoms with Crippen molar-refractivity contribution in [3.63, 3.8) is 0 Å². The first kappa shape index (κ1) is 22.9. The highest BCUT2D eigenvalue weighted by Crippen LogP contribution is 2.38. The van der Waals surface area contributed by atoms with Gasteiger partial charge in [0.15, 0.2) is 0 Å². The van der Waals surface area contributed by atoms with Crippen LogP contribution in [0.1, 0.15) is 39.5 Å². The van der Waals surface area contributed by atoms with Crippen LogP contribution in [0.3, 0.4) is 0 Å². The average Bonchev–Trinajstić information content (AvgIpc) is 2.47. The van der Waals surface area contributed by atoms with Crippen molar-refractivity contribution >= 4 is 75.7 Å². The molecule has 2 rings (SSSR count). The predicted octanol–water partition coefficient (Wildman–Crippen LogP) is 5.29. The highest BCUT2D eigenvalue weighted by Gasteiger charge is 2.39. The molecule has 2 aliphatic rings. The highest BCUT2D eigenvalue weighted by atomic mass is 79.9. The summed E-state index contributed by atoms with van der Waals surface area (Å²) in [7, 11) is 0. The van der Waals surface area contributed by atoms with E-state index in [1.165, 1.54) is 0 Å². The first-order valence-electron chi connectivity index (χ1n) is 8.08. The number of hydrogen-bond donors (Lipinski definition) is 2. The van der Waals surface area contributed by atoms with E-state index in [4.69, 9.17) is 10.2 Å². The summed E-state index contributed by atoms with van der Waals surface area (Å²) in [6.45, 7) is 4.01. The van der Waals surface area contributed by atoms with E-state index in [-0.39, 0.29) is 28.5 Å². The molecule has 0 amide bonds. The summed E-state index contributed by atoms with van der Waals surface area (Å²) in [5, 5.41) is 17.8. The van der Waals surface area contributed by atoms with Gasteiger partial charge < -0.3 is 10.2 Å². The monoisotopic (exact) mass is 596 g/mol. The first-order chi connectivity index (χ1) is 11.1. The van der Waals surface area contributed by atoms with Crippen molar-refractivity contribution in [3.05, 3.63) is 0 Å². The van der Waals surface area contributed by atoms with Crippen molar-refractivity contribution in [2.75, 3.05) is 0 Å². The Hall–Kier alpha value is 0.860. The summed E-state index contributed by atoms with van der Waals surface area (Å²) >= 11 is 13.9. The number of carboxylic acid groups (broad SMARTS) is 2. The van der Waals surface area contributed by atoms with Gasteiger partial charge in [0.05, 0.1) is 11.8 Å². The minimum absolute atomic E-state index is 0.0683. The van der Waals surface area contributed by atoms with Crippen molar-refractivity contribution in [3.8, 4) is 0 Å². The molecule has 2 saturated carbocycles. The van der Waals surface area contributed by atoms with Crippen LogP contribution in [-0.2, 0) is 9.59 Å². The minimum atomic E-state index is -0.687. The molecule has 2 fully saturated rings. The molecule has 4 nitrogen and oxygen atoms in total. The third-order valence-electron chi connectivity index (χ3n) is 4.96. The third-order valence-corrected chi connectivity index (χ3v) is 10.6. The van der Waals surface area contributed by atoms with Gasteiger partial charge in [-0.2, -0.15) is 0 Å². The van der Waals surface area contributed by atoms with Gasteiger partial charge in [-0.1, -0.05) is 77.6 Å². The summed E-state index contributed by atoms with van der Waals surface area (Å²) in [6, 6.07) is 0. The molecule has 8 heteroatoms. The van der Waals surface area contributed by atoms with E-state index in [0.29, 0.717) is 14.5 Å². The van der Waals surface area contributed by atoms with Gasteiger partial charge in [-0.25, -0.2) is 0 Å². The van der Waals surface area contributed by atoms with Crippen LogP contribution >= 0.6 is 63.7 Å². The molecule has 2 N–H and O–H groups in total. The Balaban J connectivity index is 0.000000240. The number of carboxylic acids is 2. The second kappa shape index (κ2) is 10.3. The van der Waals surface area contributed by atoms with Crippen LogP contribution in [0.5, 0.6) is 0 Å². The van der Waals surface area contributed by atoms with Gasteiger partial charge >= 0.3 is 11.9 Å². The van der Waals surface area contributed by atoms with E-state index >= 15 is 0 Å². The second-order valence-corrected chi connectivity index (χ2v) is 11.4. The normalized spacial score (nSPS) is 42.6. The van der Waals surface area contributed by atoms with Gasteiger partial charge in [0.25, 0.3) is 0 Å². The average molecular weight is 600 g/mol. The smallest absolute Gasteiger partial charge is 0.307 e. The highest BCUT2D eigenvalue weighted by molar-refractivity contribution is 9.12. The molecule has 0 aromatic rings. The Bertz CT molecular complexity index is 448. The van der Waals surface area contributed by atoms with E-state index < -0.39 is 11.9 Å². The molecule has 0 bridgehead atoms. The van der Waals surface area contributed by atoms with E-state index in [2.05, 4.69) is 63.7 Å². The van der Waals surface area contributed by atoms with Gasteiger partial charge in [-0.15, -0.1) is 0 Å². The van der Waals surface area contributed by atoms with Crippen LogP contribution in [-0.4, -0.2) is 41.5 Å². The fraction of sp³-hybridized carbons (Fsp3) is 0.875. The van der Waals surface area contributed by atoms with Crippen LogP contribution in [0.15, 0.2) is 0 Å². The number of rotatable bonds is 2. The maximum atomic E-state index is 10.9. The SMILES string of the molecule is CC1CC(Br)C(Br)CC1C(=O)O.CC1CCC(Br)C(Br)C1C(=O)O. The molecule has 140 valence electrons. The zero-order valence-electron chi connectivity index (χ0n) is 13.7. The number of aliphatic carboxylic acids is 2. The Morgan fingerprint density at radius 3 is 1.79 bits per heavy atom. The Labute approximate surface area is 177 Å². The summed E-state index contributed by atoms with van der Waals surface area (Å²) in [5.74, 6) is -1.22. The van der Waals surface area contributed by atoms with E-state index in [0.717, 1.165) is 25.7 Å².